The van der Waals surface area contributed by atoms with Crippen molar-refractivity contribution in [1.82, 2.24) is 10.2 Å². The number of halogens is 1. The van der Waals surface area contributed by atoms with Crippen LogP contribution >= 0.6 is 22.9 Å². The second kappa shape index (κ2) is 8.64. The number of rotatable bonds is 6. The first-order valence-corrected chi connectivity index (χ1v) is 10.0. The fraction of sp³-hybridized carbons (Fsp3) is 0.421. The molecule has 1 N–H and O–H groups in total. The Kier molecular flexibility index (Phi) is 6.27. The van der Waals surface area contributed by atoms with Gasteiger partial charge >= 0.3 is 6.03 Å². The zero-order valence-electron chi connectivity index (χ0n) is 15.1. The lowest BCUT2D eigenvalue weighted by Gasteiger charge is -2.24. The van der Waals surface area contributed by atoms with E-state index in [9.17, 15) is 4.79 Å². The van der Waals surface area contributed by atoms with Crippen molar-refractivity contribution in [3.05, 3.63) is 45.6 Å². The minimum absolute atomic E-state index is 0.00851. The van der Waals surface area contributed by atoms with E-state index in [1.54, 1.807) is 18.4 Å². The fourth-order valence-electron chi connectivity index (χ4n) is 3.19. The maximum Gasteiger partial charge on any atom is 0.317 e. The van der Waals surface area contributed by atoms with Crippen LogP contribution in [0.2, 0.25) is 5.02 Å². The molecule has 5 nitrogen and oxygen atoms in total. The molecule has 2 heterocycles. The third-order valence-electron chi connectivity index (χ3n) is 4.59. The van der Waals surface area contributed by atoms with Crippen molar-refractivity contribution in [1.29, 1.82) is 0 Å². The number of amides is 2. The second-order valence-electron chi connectivity index (χ2n) is 6.29. The lowest BCUT2D eigenvalue weighted by molar-refractivity contribution is 0.195. The van der Waals surface area contributed by atoms with Crippen LogP contribution in [0.1, 0.15) is 18.2 Å². The molecule has 1 aromatic carbocycles. The van der Waals surface area contributed by atoms with Crippen molar-refractivity contribution in [3.8, 4) is 5.75 Å². The average Bonchev–Trinajstić information content (AvgIpc) is 3.31. The van der Waals surface area contributed by atoms with E-state index in [1.165, 1.54) is 4.88 Å². The molecule has 140 valence electrons. The molecule has 2 aromatic rings. The van der Waals surface area contributed by atoms with E-state index >= 15 is 0 Å². The van der Waals surface area contributed by atoms with Crippen molar-refractivity contribution in [2.24, 2.45) is 0 Å². The second-order valence-corrected chi connectivity index (χ2v) is 7.76. The standard InChI is InChI=1S/C19H24ClN3O2S/c1-3-22(13-16-5-4-10-26-16)19(24)21-15-8-9-23(12-15)17-11-14(20)6-7-18(17)25-2/h4-7,10-11,15H,3,8-9,12-13H2,1-2H3,(H,21,24). The quantitative estimate of drug-likeness (QED) is 0.799. The third-order valence-corrected chi connectivity index (χ3v) is 5.69. The van der Waals surface area contributed by atoms with E-state index in [4.69, 9.17) is 16.3 Å². The van der Waals surface area contributed by atoms with Gasteiger partial charge in [0.05, 0.1) is 19.3 Å². The van der Waals surface area contributed by atoms with Gasteiger partial charge in [0.1, 0.15) is 5.75 Å². The molecule has 1 aliphatic rings. The Labute approximate surface area is 163 Å². The molecule has 26 heavy (non-hydrogen) atoms. The van der Waals surface area contributed by atoms with Crippen LogP contribution in [0.4, 0.5) is 10.5 Å². The Balaban J connectivity index is 1.60. The zero-order valence-corrected chi connectivity index (χ0v) is 16.6. The molecule has 1 fully saturated rings. The molecule has 0 bridgehead atoms. The van der Waals surface area contributed by atoms with Gasteiger partial charge in [-0.3, -0.25) is 0 Å². The monoisotopic (exact) mass is 393 g/mol. The number of hydrogen-bond acceptors (Lipinski definition) is 4. The highest BCUT2D eigenvalue weighted by Gasteiger charge is 2.27. The normalized spacial score (nSPS) is 16.6. The Morgan fingerprint density at radius 2 is 2.31 bits per heavy atom. The van der Waals surface area contributed by atoms with Gasteiger partial charge in [0.25, 0.3) is 0 Å². The van der Waals surface area contributed by atoms with E-state index in [-0.39, 0.29) is 12.1 Å². The minimum atomic E-state index is -0.00851. The average molecular weight is 394 g/mol. The van der Waals surface area contributed by atoms with Gasteiger partial charge in [-0.2, -0.15) is 0 Å². The summed E-state index contributed by atoms with van der Waals surface area (Å²) in [5.41, 5.74) is 0.975. The molecular formula is C19H24ClN3O2S. The summed E-state index contributed by atoms with van der Waals surface area (Å²) in [6, 6.07) is 9.79. The molecule has 1 saturated heterocycles. The SMILES string of the molecule is CCN(Cc1cccs1)C(=O)NC1CCN(c2cc(Cl)ccc2OC)C1. The summed E-state index contributed by atoms with van der Waals surface area (Å²) in [7, 11) is 1.66. The lowest BCUT2D eigenvalue weighted by atomic mass is 10.2. The Morgan fingerprint density at radius 3 is 3.00 bits per heavy atom. The molecule has 0 spiro atoms. The van der Waals surface area contributed by atoms with Gasteiger partial charge in [0, 0.05) is 35.6 Å². The molecule has 2 amide bonds. The highest BCUT2D eigenvalue weighted by Crippen LogP contribution is 2.33. The van der Waals surface area contributed by atoms with E-state index in [0.29, 0.717) is 18.1 Å². The van der Waals surface area contributed by atoms with Crippen molar-refractivity contribution < 1.29 is 9.53 Å². The van der Waals surface area contributed by atoms with E-state index in [2.05, 4.69) is 16.3 Å². The van der Waals surface area contributed by atoms with Gasteiger partial charge in [0.2, 0.25) is 0 Å². The van der Waals surface area contributed by atoms with Crippen LogP contribution in [-0.2, 0) is 6.54 Å². The van der Waals surface area contributed by atoms with Crippen LogP contribution in [0.15, 0.2) is 35.7 Å². The van der Waals surface area contributed by atoms with Crippen molar-refractivity contribution in [2.45, 2.75) is 25.9 Å². The number of carbonyl (C=O) groups is 1. The molecule has 1 aromatic heterocycles. The molecule has 1 aliphatic heterocycles. The highest BCUT2D eigenvalue weighted by atomic mass is 35.5. The molecule has 1 atom stereocenters. The molecule has 3 rings (SSSR count). The number of urea groups is 1. The number of benzene rings is 1. The van der Waals surface area contributed by atoms with Crippen molar-refractivity contribution in [2.75, 3.05) is 31.6 Å². The molecule has 1 unspecified atom stereocenters. The maximum atomic E-state index is 12.6. The summed E-state index contributed by atoms with van der Waals surface area (Å²) in [4.78, 5) is 17.9. The van der Waals surface area contributed by atoms with Crippen LogP contribution in [0.5, 0.6) is 5.75 Å². The zero-order chi connectivity index (χ0) is 18.5. The number of nitrogens with zero attached hydrogens (tertiary/aromatic N) is 2. The number of methoxy groups -OCH3 is 1. The predicted octanol–water partition coefficient (Wildman–Crippen LogP) is 4.22. The van der Waals surface area contributed by atoms with Gasteiger partial charge in [0.15, 0.2) is 0 Å². The Morgan fingerprint density at radius 1 is 1.46 bits per heavy atom. The lowest BCUT2D eigenvalue weighted by Crippen LogP contribution is -2.45. The first kappa shape index (κ1) is 18.9. The molecule has 7 heteroatoms. The van der Waals surface area contributed by atoms with Crippen LogP contribution in [0.25, 0.3) is 0 Å². The predicted molar refractivity (Wildman–Crippen MR) is 108 cm³/mol. The van der Waals surface area contributed by atoms with Crippen molar-refractivity contribution >= 4 is 34.7 Å². The summed E-state index contributed by atoms with van der Waals surface area (Å²) in [5.74, 6) is 0.800. The fourth-order valence-corrected chi connectivity index (χ4v) is 4.08. The van der Waals surface area contributed by atoms with Crippen LogP contribution < -0.4 is 15.0 Å². The first-order chi connectivity index (χ1) is 12.6. The largest absolute Gasteiger partial charge is 0.495 e. The van der Waals surface area contributed by atoms with E-state index in [1.807, 2.05) is 41.5 Å². The molecule has 0 aliphatic carbocycles. The number of ether oxygens (including phenoxy) is 1. The minimum Gasteiger partial charge on any atom is -0.495 e. The topological polar surface area (TPSA) is 44.8 Å². The van der Waals surface area contributed by atoms with Gasteiger partial charge in [-0.05, 0) is 43.0 Å². The molecular weight excluding hydrogens is 370 g/mol. The van der Waals surface area contributed by atoms with Crippen LogP contribution in [-0.4, -0.2) is 43.7 Å². The van der Waals surface area contributed by atoms with Crippen LogP contribution in [0.3, 0.4) is 0 Å². The molecule has 0 radical (unpaired) electrons. The summed E-state index contributed by atoms with van der Waals surface area (Å²) >= 11 is 7.82. The smallest absolute Gasteiger partial charge is 0.317 e. The number of nitrogens with one attached hydrogen (secondary N) is 1. The van der Waals surface area contributed by atoms with Crippen LogP contribution in [0, 0.1) is 0 Å². The molecule has 0 saturated carbocycles. The number of hydrogen-bond donors (Lipinski definition) is 1. The number of carbonyl (C=O) groups excluding carboxylic acids is 1. The van der Waals surface area contributed by atoms with E-state index in [0.717, 1.165) is 30.9 Å². The van der Waals surface area contributed by atoms with Gasteiger partial charge in [-0.25, -0.2) is 4.79 Å². The van der Waals surface area contributed by atoms with Gasteiger partial charge in [-0.1, -0.05) is 17.7 Å². The van der Waals surface area contributed by atoms with Gasteiger partial charge < -0.3 is 19.9 Å². The maximum absolute atomic E-state index is 12.6. The van der Waals surface area contributed by atoms with Crippen molar-refractivity contribution in [3.63, 3.8) is 0 Å². The number of anilines is 1. The summed E-state index contributed by atoms with van der Waals surface area (Å²) < 4.78 is 5.45. The summed E-state index contributed by atoms with van der Waals surface area (Å²) in [6.45, 7) is 4.95. The first-order valence-electron chi connectivity index (χ1n) is 8.77. The number of thiophene rings is 1. The summed E-state index contributed by atoms with van der Waals surface area (Å²) in [6.07, 6.45) is 0.901. The summed E-state index contributed by atoms with van der Waals surface area (Å²) in [5, 5.41) is 5.89. The Bertz CT molecular complexity index is 738. The highest BCUT2D eigenvalue weighted by molar-refractivity contribution is 7.09. The van der Waals surface area contributed by atoms with E-state index < -0.39 is 0 Å². The third kappa shape index (κ3) is 4.43. The Hall–Kier alpha value is -1.92. The van der Waals surface area contributed by atoms with Gasteiger partial charge in [-0.15, -0.1) is 11.3 Å².